The third-order valence-corrected chi connectivity index (χ3v) is 9.31. The average molecular weight is 742 g/mol. The van der Waals surface area contributed by atoms with Crippen molar-refractivity contribution in [2.24, 2.45) is 11.7 Å². The van der Waals surface area contributed by atoms with Gasteiger partial charge < -0.3 is 46.6 Å². The second-order valence-electron chi connectivity index (χ2n) is 14.2. The van der Waals surface area contributed by atoms with Crippen LogP contribution in [0, 0.1) is 5.92 Å². The number of likely N-dealkylation sites (N-methyl/N-ethyl adjacent to an activating group) is 2. The van der Waals surface area contributed by atoms with Crippen molar-refractivity contribution in [1.82, 2.24) is 20.4 Å². The number of phenols is 2. The number of carbonyl (C=O) groups excluding carboxylic acids is 4. The van der Waals surface area contributed by atoms with Gasteiger partial charge in [-0.2, -0.15) is 0 Å². The number of nitrogens with one attached hydrogen (secondary N) is 2. The number of amides is 4. The molecule has 4 amide bonds. The molecule has 2 rings (SSSR count). The maximum atomic E-state index is 14.3. The number of hydrogen-bond acceptors (Lipinski definition) is 9. The molecule has 0 aromatic heterocycles. The fourth-order valence-electron chi connectivity index (χ4n) is 6.01. The molecule has 0 fully saturated rings. The van der Waals surface area contributed by atoms with Gasteiger partial charge >= 0.3 is 5.97 Å². The second-order valence-corrected chi connectivity index (χ2v) is 14.2. The Morgan fingerprint density at radius 1 is 0.717 bits per heavy atom. The minimum atomic E-state index is -1.52. The van der Waals surface area contributed by atoms with Crippen molar-refractivity contribution in [2.45, 2.75) is 122 Å². The van der Waals surface area contributed by atoms with Crippen molar-refractivity contribution in [3.05, 3.63) is 59.7 Å². The summed E-state index contributed by atoms with van der Waals surface area (Å²) in [5.41, 5.74) is 7.21. The SMILES string of the molecule is CCCCCCCC(N)C(O)C(=O)NC(C)C(=O)N(C)C(CC(C)C)C(=O)N(C)C(Cc1ccc(O)cc1)C(=O)NC(Cc1ccc(O)cc1)C(=O)O. The molecule has 0 saturated carbocycles. The zero-order chi connectivity index (χ0) is 39.8. The Morgan fingerprint density at radius 3 is 1.74 bits per heavy atom. The van der Waals surface area contributed by atoms with Crippen molar-refractivity contribution in [2.75, 3.05) is 14.1 Å². The van der Waals surface area contributed by atoms with Crippen LogP contribution in [0.25, 0.3) is 0 Å². The standard InChI is InChI=1S/C39H59N5O9/c1-7-8-9-10-11-12-30(40)34(47)36(49)41-25(4)37(50)44(6)33(21-24(2)3)38(51)43(5)32(23-27-15-19-29(46)20-16-27)35(48)42-31(39(52)53)22-26-13-17-28(45)18-14-26/h13-20,24-25,30-34,45-47H,7-12,21-23,40H2,1-6H3,(H,41,49)(H,42,48)(H,52,53). The van der Waals surface area contributed by atoms with Gasteiger partial charge in [0, 0.05) is 33.0 Å². The van der Waals surface area contributed by atoms with Crippen LogP contribution < -0.4 is 16.4 Å². The number of benzene rings is 2. The van der Waals surface area contributed by atoms with E-state index in [9.17, 15) is 44.4 Å². The van der Waals surface area contributed by atoms with Crippen LogP contribution in [0.3, 0.4) is 0 Å². The smallest absolute Gasteiger partial charge is 0.326 e. The summed E-state index contributed by atoms with van der Waals surface area (Å²) in [6.07, 6.45) is 3.90. The summed E-state index contributed by atoms with van der Waals surface area (Å²) in [6, 6.07) is 6.29. The van der Waals surface area contributed by atoms with Crippen molar-refractivity contribution in [3.63, 3.8) is 0 Å². The number of aliphatic hydroxyl groups is 1. The summed E-state index contributed by atoms with van der Waals surface area (Å²) >= 11 is 0. The molecule has 2 aromatic rings. The number of carboxylic acids is 1. The molecule has 0 heterocycles. The Hall–Kier alpha value is -4.69. The zero-order valence-electron chi connectivity index (χ0n) is 31.8. The van der Waals surface area contributed by atoms with E-state index in [4.69, 9.17) is 5.73 Å². The molecule has 6 unspecified atom stereocenters. The second kappa shape index (κ2) is 21.7. The maximum absolute atomic E-state index is 14.3. The Kier molecular flexibility index (Phi) is 18.2. The molecule has 0 spiro atoms. The largest absolute Gasteiger partial charge is 0.508 e. The van der Waals surface area contributed by atoms with E-state index in [1.165, 1.54) is 55.1 Å². The maximum Gasteiger partial charge on any atom is 0.326 e. The Morgan fingerprint density at radius 2 is 1.23 bits per heavy atom. The monoisotopic (exact) mass is 741 g/mol. The van der Waals surface area contributed by atoms with Crippen LogP contribution in [-0.4, -0.2) is 110 Å². The molecule has 2 aromatic carbocycles. The van der Waals surface area contributed by atoms with Gasteiger partial charge in [0.25, 0.3) is 5.91 Å². The average Bonchev–Trinajstić information content (AvgIpc) is 3.12. The van der Waals surface area contributed by atoms with Crippen molar-refractivity contribution < 1.29 is 44.4 Å². The van der Waals surface area contributed by atoms with E-state index in [1.807, 2.05) is 13.8 Å². The van der Waals surface area contributed by atoms with Gasteiger partial charge in [0.1, 0.15) is 41.8 Å². The summed E-state index contributed by atoms with van der Waals surface area (Å²) < 4.78 is 0. The lowest BCUT2D eigenvalue weighted by Gasteiger charge is -2.36. The van der Waals surface area contributed by atoms with Crippen LogP contribution in [-0.2, 0) is 36.8 Å². The van der Waals surface area contributed by atoms with E-state index in [0.717, 1.165) is 32.1 Å². The van der Waals surface area contributed by atoms with Gasteiger partial charge in [0.15, 0.2) is 0 Å². The Labute approximate surface area is 312 Å². The summed E-state index contributed by atoms with van der Waals surface area (Å²) in [7, 11) is 2.83. The summed E-state index contributed by atoms with van der Waals surface area (Å²) in [5, 5.41) is 45.1. The van der Waals surface area contributed by atoms with Crippen LogP contribution in [0.5, 0.6) is 11.5 Å². The predicted octanol–water partition coefficient (Wildman–Crippen LogP) is 2.71. The van der Waals surface area contributed by atoms with Gasteiger partial charge in [-0.3, -0.25) is 19.2 Å². The third-order valence-electron chi connectivity index (χ3n) is 9.31. The lowest BCUT2D eigenvalue weighted by molar-refractivity contribution is -0.150. The normalized spacial score (nSPS) is 14.7. The van der Waals surface area contributed by atoms with Crippen LogP contribution in [0.1, 0.15) is 83.8 Å². The molecule has 0 aliphatic rings. The topological polar surface area (TPSA) is 223 Å². The summed E-state index contributed by atoms with van der Waals surface area (Å²) in [4.78, 5) is 69.4. The highest BCUT2D eigenvalue weighted by atomic mass is 16.4. The van der Waals surface area contributed by atoms with E-state index in [-0.39, 0.29) is 36.7 Å². The molecule has 0 radical (unpaired) electrons. The number of carbonyl (C=O) groups is 5. The molecular weight excluding hydrogens is 682 g/mol. The molecule has 14 heteroatoms. The number of phenolic OH excluding ortho intramolecular Hbond substituents is 2. The highest BCUT2D eigenvalue weighted by Gasteiger charge is 2.38. The van der Waals surface area contributed by atoms with Crippen LogP contribution in [0.15, 0.2) is 48.5 Å². The fourth-order valence-corrected chi connectivity index (χ4v) is 6.01. The first-order chi connectivity index (χ1) is 25.0. The predicted molar refractivity (Wildman–Crippen MR) is 201 cm³/mol. The van der Waals surface area contributed by atoms with Gasteiger partial charge in [0.05, 0.1) is 0 Å². The van der Waals surface area contributed by atoms with Gasteiger partial charge in [0.2, 0.25) is 17.7 Å². The highest BCUT2D eigenvalue weighted by Crippen LogP contribution is 2.20. The molecule has 6 atom stereocenters. The first-order valence-electron chi connectivity index (χ1n) is 18.3. The first-order valence-corrected chi connectivity index (χ1v) is 18.3. The molecule has 0 bridgehead atoms. The lowest BCUT2D eigenvalue weighted by Crippen LogP contribution is -2.59. The molecule has 294 valence electrons. The van der Waals surface area contributed by atoms with E-state index < -0.39 is 65.9 Å². The molecule has 0 aliphatic heterocycles. The number of aromatic hydroxyl groups is 2. The van der Waals surface area contributed by atoms with Crippen LogP contribution in [0.2, 0.25) is 0 Å². The number of carboxylic acid groups (broad SMARTS) is 1. The third kappa shape index (κ3) is 14.3. The van der Waals surface area contributed by atoms with Crippen LogP contribution in [0.4, 0.5) is 0 Å². The molecule has 0 saturated heterocycles. The Balaban J connectivity index is 2.29. The number of nitrogens with two attached hydrogens (primary N) is 1. The number of unbranched alkanes of at least 4 members (excludes halogenated alkanes) is 4. The molecule has 14 nitrogen and oxygen atoms in total. The minimum Gasteiger partial charge on any atom is -0.508 e. The van der Waals surface area contributed by atoms with E-state index in [2.05, 4.69) is 17.6 Å². The summed E-state index contributed by atoms with van der Waals surface area (Å²) in [6.45, 7) is 7.29. The van der Waals surface area contributed by atoms with E-state index in [1.54, 1.807) is 24.3 Å². The molecule has 0 aliphatic carbocycles. The van der Waals surface area contributed by atoms with Crippen molar-refractivity contribution >= 4 is 29.6 Å². The highest BCUT2D eigenvalue weighted by molar-refractivity contribution is 5.95. The van der Waals surface area contributed by atoms with Gasteiger partial charge in [-0.05, 0) is 61.1 Å². The molecular formula is C39H59N5O9. The molecule has 8 N–H and O–H groups in total. The van der Waals surface area contributed by atoms with Crippen LogP contribution >= 0.6 is 0 Å². The first kappa shape index (κ1) is 44.5. The fraction of sp³-hybridized carbons (Fsp3) is 0.564. The van der Waals surface area contributed by atoms with E-state index in [0.29, 0.717) is 17.5 Å². The minimum absolute atomic E-state index is 0.000207. The molecule has 53 heavy (non-hydrogen) atoms. The van der Waals surface area contributed by atoms with Gasteiger partial charge in [-0.25, -0.2) is 4.79 Å². The van der Waals surface area contributed by atoms with Crippen molar-refractivity contribution in [3.8, 4) is 11.5 Å². The van der Waals surface area contributed by atoms with Gasteiger partial charge in [-0.15, -0.1) is 0 Å². The van der Waals surface area contributed by atoms with Gasteiger partial charge in [-0.1, -0.05) is 77.1 Å². The number of aliphatic carboxylic acids is 1. The Bertz CT molecular complexity index is 1490. The quantitative estimate of drug-likeness (QED) is 0.0875. The summed E-state index contributed by atoms with van der Waals surface area (Å²) in [5.74, 6) is -4.15. The number of nitrogens with zero attached hydrogens (tertiary/aromatic N) is 2. The van der Waals surface area contributed by atoms with E-state index >= 15 is 0 Å². The number of hydrogen-bond donors (Lipinski definition) is 7. The lowest BCUT2D eigenvalue weighted by atomic mass is 9.98. The number of aliphatic hydroxyl groups excluding tert-OH is 1. The van der Waals surface area contributed by atoms with Crippen molar-refractivity contribution in [1.29, 1.82) is 0 Å². The zero-order valence-corrected chi connectivity index (χ0v) is 31.8. The number of rotatable bonds is 22.